The Labute approximate surface area is 106 Å². The quantitative estimate of drug-likeness (QED) is 0.881. The van der Waals surface area contributed by atoms with E-state index in [0.717, 1.165) is 31.4 Å². The molecule has 0 radical (unpaired) electrons. The Kier molecular flexibility index (Phi) is 4.66. The summed E-state index contributed by atoms with van der Waals surface area (Å²) in [6, 6.07) is 5.29. The molecule has 17 heavy (non-hydrogen) atoms. The molecule has 0 spiro atoms. The molecule has 0 amide bonds. The van der Waals surface area contributed by atoms with Crippen LogP contribution in [0.25, 0.3) is 0 Å². The summed E-state index contributed by atoms with van der Waals surface area (Å²) < 4.78 is 11.2. The van der Waals surface area contributed by atoms with Crippen LogP contribution in [0, 0.1) is 0 Å². The van der Waals surface area contributed by atoms with Gasteiger partial charge in [0.15, 0.2) is 0 Å². The molecule has 0 bridgehead atoms. The van der Waals surface area contributed by atoms with E-state index < -0.39 is 0 Å². The summed E-state index contributed by atoms with van der Waals surface area (Å²) >= 11 is 5.85. The third-order valence-corrected chi connectivity index (χ3v) is 3.15. The third-order valence-electron chi connectivity index (χ3n) is 2.91. The van der Waals surface area contributed by atoms with Crippen LogP contribution in [0.1, 0.15) is 24.8 Å². The lowest BCUT2D eigenvalue weighted by Gasteiger charge is -2.13. The van der Waals surface area contributed by atoms with Gasteiger partial charge in [0.2, 0.25) is 0 Å². The Bertz CT molecular complexity index is 362. The molecular weight excluding hydrogens is 240 g/mol. The standard InChI is InChI=1S/C13H17ClO3/c14-11-3-4-13(10(8-11)9-15)17-7-5-12-2-1-6-16-12/h3-4,8,12,15H,1-2,5-7,9H2. The Balaban J connectivity index is 1.85. The molecule has 4 heteroatoms. The summed E-state index contributed by atoms with van der Waals surface area (Å²) in [7, 11) is 0. The number of aliphatic hydroxyl groups excluding tert-OH is 1. The van der Waals surface area contributed by atoms with Crippen molar-refractivity contribution in [3.05, 3.63) is 28.8 Å². The zero-order valence-electron chi connectivity index (χ0n) is 9.69. The van der Waals surface area contributed by atoms with Gasteiger partial charge in [-0.2, -0.15) is 0 Å². The lowest BCUT2D eigenvalue weighted by Crippen LogP contribution is -2.11. The number of benzene rings is 1. The van der Waals surface area contributed by atoms with Gasteiger partial charge in [0.05, 0.1) is 19.3 Å². The number of ether oxygens (including phenoxy) is 2. The first-order valence-corrected chi connectivity index (χ1v) is 6.31. The SMILES string of the molecule is OCc1cc(Cl)ccc1OCCC1CCCO1. The minimum atomic E-state index is -0.0597. The Hall–Kier alpha value is -0.770. The van der Waals surface area contributed by atoms with Crippen LogP contribution in [-0.2, 0) is 11.3 Å². The van der Waals surface area contributed by atoms with E-state index in [1.165, 1.54) is 0 Å². The molecule has 1 atom stereocenters. The van der Waals surface area contributed by atoms with Gasteiger partial charge in [-0.15, -0.1) is 0 Å². The van der Waals surface area contributed by atoms with Gasteiger partial charge in [-0.05, 0) is 31.0 Å². The number of hydrogen-bond donors (Lipinski definition) is 1. The van der Waals surface area contributed by atoms with E-state index in [1.54, 1.807) is 18.2 Å². The Morgan fingerprint density at radius 2 is 2.35 bits per heavy atom. The second-order valence-electron chi connectivity index (χ2n) is 4.18. The monoisotopic (exact) mass is 256 g/mol. The van der Waals surface area contributed by atoms with Crippen LogP contribution >= 0.6 is 11.6 Å². The summed E-state index contributed by atoms with van der Waals surface area (Å²) in [5, 5.41) is 9.80. The van der Waals surface area contributed by atoms with Crippen molar-refractivity contribution in [2.45, 2.75) is 32.0 Å². The summed E-state index contributed by atoms with van der Waals surface area (Å²) in [4.78, 5) is 0. The first-order valence-electron chi connectivity index (χ1n) is 5.93. The summed E-state index contributed by atoms with van der Waals surface area (Å²) in [5.74, 6) is 0.704. The molecule has 1 N–H and O–H groups in total. The predicted octanol–water partition coefficient (Wildman–Crippen LogP) is 2.78. The molecule has 1 aromatic rings. The van der Waals surface area contributed by atoms with Gasteiger partial charge in [-0.3, -0.25) is 0 Å². The fourth-order valence-corrected chi connectivity index (χ4v) is 2.18. The van der Waals surface area contributed by atoms with Gasteiger partial charge in [0.1, 0.15) is 5.75 Å². The number of halogens is 1. The van der Waals surface area contributed by atoms with Crippen molar-refractivity contribution in [1.82, 2.24) is 0 Å². The molecule has 0 aliphatic carbocycles. The van der Waals surface area contributed by atoms with Gasteiger partial charge < -0.3 is 14.6 Å². The first-order chi connectivity index (χ1) is 8.29. The average Bonchev–Trinajstić information content (AvgIpc) is 2.84. The minimum absolute atomic E-state index is 0.0597. The van der Waals surface area contributed by atoms with Crippen LogP contribution in [-0.4, -0.2) is 24.4 Å². The Morgan fingerprint density at radius 3 is 3.06 bits per heavy atom. The molecule has 1 saturated heterocycles. The zero-order chi connectivity index (χ0) is 12.1. The van der Waals surface area contributed by atoms with E-state index in [-0.39, 0.29) is 6.61 Å². The predicted molar refractivity (Wildman–Crippen MR) is 66.5 cm³/mol. The molecule has 1 heterocycles. The van der Waals surface area contributed by atoms with Crippen LogP contribution in [0.5, 0.6) is 5.75 Å². The van der Waals surface area contributed by atoms with Crippen molar-refractivity contribution >= 4 is 11.6 Å². The van der Waals surface area contributed by atoms with E-state index in [0.29, 0.717) is 23.5 Å². The molecule has 1 fully saturated rings. The van der Waals surface area contributed by atoms with Crippen molar-refractivity contribution in [3.63, 3.8) is 0 Å². The van der Waals surface area contributed by atoms with Crippen LogP contribution in [0.15, 0.2) is 18.2 Å². The van der Waals surface area contributed by atoms with E-state index in [2.05, 4.69) is 0 Å². The molecular formula is C13H17ClO3. The smallest absolute Gasteiger partial charge is 0.124 e. The van der Waals surface area contributed by atoms with Crippen molar-refractivity contribution in [2.75, 3.05) is 13.2 Å². The third kappa shape index (κ3) is 3.60. The number of rotatable bonds is 5. The maximum atomic E-state index is 9.19. The minimum Gasteiger partial charge on any atom is -0.493 e. The van der Waals surface area contributed by atoms with E-state index in [4.69, 9.17) is 21.1 Å². The van der Waals surface area contributed by atoms with Crippen LogP contribution in [0.3, 0.4) is 0 Å². The zero-order valence-corrected chi connectivity index (χ0v) is 10.4. The lowest BCUT2D eigenvalue weighted by molar-refractivity contribution is 0.0900. The highest BCUT2D eigenvalue weighted by Crippen LogP contribution is 2.23. The van der Waals surface area contributed by atoms with Gasteiger partial charge in [-0.25, -0.2) is 0 Å². The van der Waals surface area contributed by atoms with Crippen molar-refractivity contribution in [3.8, 4) is 5.75 Å². The molecule has 0 aromatic heterocycles. The van der Waals surface area contributed by atoms with Crippen LogP contribution in [0.4, 0.5) is 0 Å². The second-order valence-corrected chi connectivity index (χ2v) is 4.62. The normalized spacial score (nSPS) is 19.5. The highest BCUT2D eigenvalue weighted by atomic mass is 35.5. The summed E-state index contributed by atoms with van der Waals surface area (Å²) in [5.41, 5.74) is 0.727. The maximum absolute atomic E-state index is 9.19. The second kappa shape index (κ2) is 6.24. The van der Waals surface area contributed by atoms with E-state index in [9.17, 15) is 5.11 Å². The van der Waals surface area contributed by atoms with E-state index >= 15 is 0 Å². The van der Waals surface area contributed by atoms with Gasteiger partial charge in [0.25, 0.3) is 0 Å². The maximum Gasteiger partial charge on any atom is 0.124 e. The topological polar surface area (TPSA) is 38.7 Å². The Morgan fingerprint density at radius 1 is 1.47 bits per heavy atom. The molecule has 1 aliphatic rings. The van der Waals surface area contributed by atoms with Crippen molar-refractivity contribution in [2.24, 2.45) is 0 Å². The van der Waals surface area contributed by atoms with Gasteiger partial charge in [-0.1, -0.05) is 11.6 Å². The fraction of sp³-hybridized carbons (Fsp3) is 0.538. The van der Waals surface area contributed by atoms with Crippen LogP contribution < -0.4 is 4.74 Å². The summed E-state index contributed by atoms with van der Waals surface area (Å²) in [6.07, 6.45) is 3.50. The molecule has 1 aromatic carbocycles. The van der Waals surface area contributed by atoms with E-state index in [1.807, 2.05) is 0 Å². The lowest BCUT2D eigenvalue weighted by atomic mass is 10.2. The largest absolute Gasteiger partial charge is 0.493 e. The van der Waals surface area contributed by atoms with Gasteiger partial charge in [0, 0.05) is 23.6 Å². The summed E-state index contributed by atoms with van der Waals surface area (Å²) in [6.45, 7) is 1.42. The average molecular weight is 257 g/mol. The molecule has 94 valence electrons. The molecule has 1 unspecified atom stereocenters. The first kappa shape index (κ1) is 12.7. The van der Waals surface area contributed by atoms with Crippen LogP contribution in [0.2, 0.25) is 5.02 Å². The molecule has 0 saturated carbocycles. The number of aliphatic hydroxyl groups is 1. The van der Waals surface area contributed by atoms with Gasteiger partial charge >= 0.3 is 0 Å². The highest BCUT2D eigenvalue weighted by Gasteiger charge is 2.15. The highest BCUT2D eigenvalue weighted by molar-refractivity contribution is 6.30. The fourth-order valence-electron chi connectivity index (χ4n) is 1.98. The molecule has 2 rings (SSSR count). The number of hydrogen-bond acceptors (Lipinski definition) is 3. The van der Waals surface area contributed by atoms with Crippen molar-refractivity contribution in [1.29, 1.82) is 0 Å². The van der Waals surface area contributed by atoms with Crippen molar-refractivity contribution < 1.29 is 14.6 Å². The molecule has 1 aliphatic heterocycles. The molecule has 3 nitrogen and oxygen atoms in total.